The molecule has 1 aromatic carbocycles. The van der Waals surface area contributed by atoms with E-state index in [1.807, 2.05) is 30.0 Å². The number of nitrogens with one attached hydrogen (secondary N) is 1. The molecule has 0 bridgehead atoms. The summed E-state index contributed by atoms with van der Waals surface area (Å²) in [5.41, 5.74) is 8.95. The molecule has 0 unspecified atom stereocenters. The topological polar surface area (TPSA) is 139 Å². The zero-order valence-electron chi connectivity index (χ0n) is 18.1. The molecule has 1 amide bonds. The van der Waals surface area contributed by atoms with Crippen LogP contribution in [0.1, 0.15) is 37.2 Å². The first-order valence-corrected chi connectivity index (χ1v) is 10.7. The summed E-state index contributed by atoms with van der Waals surface area (Å²) in [7, 11) is 0. The fourth-order valence-corrected chi connectivity index (χ4v) is 4.49. The van der Waals surface area contributed by atoms with Crippen LogP contribution < -0.4 is 5.73 Å². The average Bonchev–Trinajstić information content (AvgIpc) is 3.35. The molecule has 10 nitrogen and oxygen atoms in total. The van der Waals surface area contributed by atoms with Gasteiger partial charge in [0.15, 0.2) is 11.5 Å². The molecule has 4 heterocycles. The van der Waals surface area contributed by atoms with Gasteiger partial charge in [-0.25, -0.2) is 19.9 Å². The largest absolute Gasteiger partial charge is 0.388 e. The number of aromatic amines is 1. The van der Waals surface area contributed by atoms with Crippen LogP contribution in [0.4, 0.5) is 5.82 Å². The van der Waals surface area contributed by atoms with Crippen molar-refractivity contribution in [3.63, 3.8) is 0 Å². The molecular formula is C22H26N8O2. The zero-order chi connectivity index (χ0) is 22.5. The number of nitrogen functional groups attached to an aromatic ring is 1. The molecule has 1 fully saturated rings. The summed E-state index contributed by atoms with van der Waals surface area (Å²) in [5.74, 6) is 1.23. The number of aromatic nitrogens is 6. The smallest absolute Gasteiger partial charge is 0.222 e. The van der Waals surface area contributed by atoms with E-state index in [1.165, 1.54) is 6.33 Å². The number of aryl methyl sites for hydroxylation is 2. The Labute approximate surface area is 184 Å². The highest BCUT2D eigenvalue weighted by Gasteiger charge is 2.41. The molecule has 2 atom stereocenters. The maximum Gasteiger partial charge on any atom is 0.222 e. The summed E-state index contributed by atoms with van der Waals surface area (Å²) in [5, 5.41) is 11.1. The lowest BCUT2D eigenvalue weighted by molar-refractivity contribution is -0.137. The Balaban J connectivity index is 1.32. The van der Waals surface area contributed by atoms with Crippen LogP contribution in [-0.4, -0.2) is 64.1 Å². The zero-order valence-corrected chi connectivity index (χ0v) is 18.1. The quantitative estimate of drug-likeness (QED) is 0.445. The van der Waals surface area contributed by atoms with Crippen molar-refractivity contribution in [3.8, 4) is 0 Å². The predicted molar refractivity (Wildman–Crippen MR) is 120 cm³/mol. The number of hydrogen-bond donors (Lipinski definition) is 3. The fourth-order valence-electron chi connectivity index (χ4n) is 4.49. The van der Waals surface area contributed by atoms with Gasteiger partial charge in [0.2, 0.25) is 5.91 Å². The number of fused-ring (bicyclic) bond motifs is 2. The van der Waals surface area contributed by atoms with Gasteiger partial charge in [-0.3, -0.25) is 4.79 Å². The van der Waals surface area contributed by atoms with Crippen molar-refractivity contribution in [2.24, 2.45) is 0 Å². The molecule has 0 radical (unpaired) electrons. The van der Waals surface area contributed by atoms with Crippen molar-refractivity contribution >= 4 is 33.9 Å². The van der Waals surface area contributed by atoms with Crippen molar-refractivity contribution in [3.05, 3.63) is 42.2 Å². The standard InChI is InChI=1S/C22H26N8O2/c1-13-27-15-5-3-14(9-16(15)28-13)4-6-18(31)29-8-7-22(2,32)17(10-29)30-12-26-19-20(23)24-11-25-21(19)30/h3,5,9,11-12,17,32H,4,6-8,10H2,1-2H3,(H,27,28)(H2,23,24,25)/t17-,22-/m1/s1. The number of aliphatic hydroxyl groups is 1. The normalized spacial score (nSPS) is 21.5. The van der Waals surface area contributed by atoms with Crippen LogP contribution in [0.25, 0.3) is 22.2 Å². The van der Waals surface area contributed by atoms with Gasteiger partial charge in [-0.1, -0.05) is 6.07 Å². The lowest BCUT2D eigenvalue weighted by Crippen LogP contribution is -2.52. The number of imidazole rings is 2. The summed E-state index contributed by atoms with van der Waals surface area (Å²) in [6, 6.07) is 5.66. The number of nitrogens with two attached hydrogens (primary N) is 1. The Kier molecular flexibility index (Phi) is 4.81. The van der Waals surface area contributed by atoms with Gasteiger partial charge < -0.3 is 25.3 Å². The molecule has 0 saturated carbocycles. The third kappa shape index (κ3) is 3.56. The van der Waals surface area contributed by atoms with Crippen LogP contribution in [0.15, 0.2) is 30.9 Å². The second-order valence-corrected chi connectivity index (χ2v) is 8.72. The summed E-state index contributed by atoms with van der Waals surface area (Å²) in [6.45, 7) is 4.59. The number of benzene rings is 1. The minimum atomic E-state index is -1.01. The van der Waals surface area contributed by atoms with Crippen LogP contribution in [0, 0.1) is 6.92 Å². The average molecular weight is 435 g/mol. The number of rotatable bonds is 4. The summed E-state index contributed by atoms with van der Waals surface area (Å²) in [6.07, 6.45) is 4.50. The molecular weight excluding hydrogens is 408 g/mol. The third-order valence-electron chi connectivity index (χ3n) is 6.37. The van der Waals surface area contributed by atoms with Crippen LogP contribution in [-0.2, 0) is 11.2 Å². The Morgan fingerprint density at radius 3 is 3.03 bits per heavy atom. The minimum absolute atomic E-state index is 0.0601. The lowest BCUT2D eigenvalue weighted by atomic mass is 9.88. The first kappa shape index (κ1) is 20.4. The van der Waals surface area contributed by atoms with Gasteiger partial charge in [0, 0.05) is 19.5 Å². The van der Waals surface area contributed by atoms with Gasteiger partial charge >= 0.3 is 0 Å². The summed E-state index contributed by atoms with van der Waals surface area (Å²) in [4.78, 5) is 35.1. The van der Waals surface area contributed by atoms with E-state index >= 15 is 0 Å². The van der Waals surface area contributed by atoms with Crippen molar-refractivity contribution in [2.75, 3.05) is 18.8 Å². The number of piperidine rings is 1. The van der Waals surface area contributed by atoms with E-state index < -0.39 is 5.60 Å². The van der Waals surface area contributed by atoms with Crippen LogP contribution in [0.2, 0.25) is 0 Å². The number of carbonyl (C=O) groups is 1. The molecule has 0 spiro atoms. The fraction of sp³-hybridized carbons (Fsp3) is 0.409. The van der Waals surface area contributed by atoms with E-state index in [4.69, 9.17) is 5.73 Å². The van der Waals surface area contributed by atoms with Crippen LogP contribution in [0.5, 0.6) is 0 Å². The van der Waals surface area contributed by atoms with E-state index in [-0.39, 0.29) is 11.9 Å². The molecule has 166 valence electrons. The predicted octanol–water partition coefficient (Wildman–Crippen LogP) is 1.75. The van der Waals surface area contributed by atoms with Gasteiger partial charge in [-0.15, -0.1) is 0 Å². The first-order valence-electron chi connectivity index (χ1n) is 10.7. The molecule has 1 saturated heterocycles. The molecule has 32 heavy (non-hydrogen) atoms. The van der Waals surface area contributed by atoms with Gasteiger partial charge in [-0.2, -0.15) is 0 Å². The molecule has 1 aliphatic rings. The SMILES string of the molecule is Cc1nc2ccc(CCC(=O)N3CC[C@@](C)(O)[C@H](n4cnc5c(N)ncnc54)C3)cc2[nH]1. The number of H-pyrrole nitrogens is 1. The second-order valence-electron chi connectivity index (χ2n) is 8.72. The number of hydrogen-bond acceptors (Lipinski definition) is 7. The third-order valence-corrected chi connectivity index (χ3v) is 6.37. The van der Waals surface area contributed by atoms with Crippen molar-refractivity contribution in [1.82, 2.24) is 34.4 Å². The van der Waals surface area contributed by atoms with Crippen molar-refractivity contribution < 1.29 is 9.90 Å². The molecule has 4 aromatic rings. The summed E-state index contributed by atoms with van der Waals surface area (Å²) >= 11 is 0. The first-order chi connectivity index (χ1) is 15.3. The lowest BCUT2D eigenvalue weighted by Gasteiger charge is -2.43. The van der Waals surface area contributed by atoms with Gasteiger partial charge in [0.05, 0.1) is 29.0 Å². The number of anilines is 1. The maximum atomic E-state index is 13.0. The molecule has 4 N–H and O–H groups in total. The molecule has 5 rings (SSSR count). The van der Waals surface area contributed by atoms with Crippen LogP contribution in [0.3, 0.4) is 0 Å². The molecule has 10 heteroatoms. The number of nitrogens with zero attached hydrogens (tertiary/aromatic N) is 6. The number of amides is 1. The molecule has 0 aliphatic carbocycles. The highest BCUT2D eigenvalue weighted by molar-refractivity contribution is 5.81. The molecule has 3 aromatic heterocycles. The van der Waals surface area contributed by atoms with E-state index in [0.29, 0.717) is 49.3 Å². The Morgan fingerprint density at radius 2 is 2.19 bits per heavy atom. The second kappa shape index (κ2) is 7.56. The van der Waals surface area contributed by atoms with Gasteiger partial charge in [0.1, 0.15) is 17.7 Å². The highest BCUT2D eigenvalue weighted by Crippen LogP contribution is 2.34. The van der Waals surface area contributed by atoms with Gasteiger partial charge in [0.25, 0.3) is 0 Å². The van der Waals surface area contributed by atoms with E-state index in [9.17, 15) is 9.90 Å². The van der Waals surface area contributed by atoms with Crippen molar-refractivity contribution in [1.29, 1.82) is 0 Å². The highest BCUT2D eigenvalue weighted by atomic mass is 16.3. The van der Waals surface area contributed by atoms with Gasteiger partial charge in [-0.05, 0) is 44.4 Å². The number of carbonyl (C=O) groups excluding carboxylic acids is 1. The Bertz CT molecular complexity index is 1310. The maximum absolute atomic E-state index is 13.0. The van der Waals surface area contributed by atoms with Crippen LogP contribution >= 0.6 is 0 Å². The number of likely N-dealkylation sites (tertiary alicyclic amines) is 1. The Morgan fingerprint density at radius 1 is 1.34 bits per heavy atom. The Hall–Kier alpha value is -3.53. The van der Waals surface area contributed by atoms with Crippen molar-refractivity contribution in [2.45, 2.75) is 44.8 Å². The summed E-state index contributed by atoms with van der Waals surface area (Å²) < 4.78 is 1.81. The monoisotopic (exact) mass is 434 g/mol. The van der Waals surface area contributed by atoms with E-state index in [0.717, 1.165) is 22.4 Å². The molecule has 1 aliphatic heterocycles. The van der Waals surface area contributed by atoms with E-state index in [2.05, 4.69) is 24.9 Å². The minimum Gasteiger partial charge on any atom is -0.388 e. The van der Waals surface area contributed by atoms with E-state index in [1.54, 1.807) is 17.8 Å².